The zero-order valence-electron chi connectivity index (χ0n) is 12.5. The summed E-state index contributed by atoms with van der Waals surface area (Å²) in [6.45, 7) is -0.757. The van der Waals surface area contributed by atoms with E-state index in [2.05, 4.69) is 0 Å². The summed E-state index contributed by atoms with van der Waals surface area (Å²) in [5.41, 5.74) is 0. The molecule has 8 heteroatoms. The molecule has 1 saturated carbocycles. The number of ketones is 1. The summed E-state index contributed by atoms with van der Waals surface area (Å²) >= 11 is 0. The molecule has 2 aliphatic rings. The maximum absolute atomic E-state index is 12.2. The van der Waals surface area contributed by atoms with E-state index >= 15 is 0 Å². The fraction of sp³-hybridized carbons (Fsp3) is 0.733. The van der Waals surface area contributed by atoms with Gasteiger partial charge in [-0.15, -0.1) is 0 Å². The van der Waals surface area contributed by atoms with Gasteiger partial charge in [0.1, 0.15) is 24.1 Å². The van der Waals surface area contributed by atoms with Crippen LogP contribution in [0.2, 0.25) is 0 Å². The second-order valence-electron chi connectivity index (χ2n) is 6.11. The third kappa shape index (κ3) is 3.89. The Morgan fingerprint density at radius 2 is 1.96 bits per heavy atom. The first kappa shape index (κ1) is 17.9. The van der Waals surface area contributed by atoms with Crippen LogP contribution in [0.1, 0.15) is 25.7 Å². The molecule has 0 spiro atoms. The lowest BCUT2D eigenvalue weighted by atomic mass is 9.76. The molecular formula is C15H22O8. The molecule has 1 aliphatic heterocycles. The van der Waals surface area contributed by atoms with Crippen molar-refractivity contribution in [3.8, 4) is 0 Å². The van der Waals surface area contributed by atoms with Gasteiger partial charge in [-0.3, -0.25) is 4.79 Å². The van der Waals surface area contributed by atoms with Crippen molar-refractivity contribution in [3.63, 3.8) is 0 Å². The Bertz CT molecular complexity index is 484. The highest BCUT2D eigenvalue weighted by molar-refractivity contribution is 5.85. The van der Waals surface area contributed by atoms with Crippen molar-refractivity contribution in [3.05, 3.63) is 11.8 Å². The van der Waals surface area contributed by atoms with E-state index in [1.54, 1.807) is 0 Å². The van der Waals surface area contributed by atoms with Gasteiger partial charge >= 0.3 is 5.97 Å². The Kier molecular flexibility index (Phi) is 5.74. The van der Waals surface area contributed by atoms with Crippen molar-refractivity contribution in [2.24, 2.45) is 11.8 Å². The number of hydrogen-bond donors (Lipinski definition) is 5. The SMILES string of the molecule is O=C(O)C1=C[C@@H](O)[C@@H](CC(=O)C2CCC2)C(C(O)C(O)CO)O1. The van der Waals surface area contributed by atoms with Crippen molar-refractivity contribution in [2.45, 2.75) is 50.1 Å². The minimum Gasteiger partial charge on any atom is -0.480 e. The second-order valence-corrected chi connectivity index (χ2v) is 6.11. The van der Waals surface area contributed by atoms with Gasteiger partial charge in [0.15, 0.2) is 0 Å². The van der Waals surface area contributed by atoms with E-state index in [1.807, 2.05) is 0 Å². The Labute approximate surface area is 133 Å². The molecule has 0 bridgehead atoms. The van der Waals surface area contributed by atoms with Crippen molar-refractivity contribution in [2.75, 3.05) is 6.61 Å². The molecule has 0 amide bonds. The molecule has 0 radical (unpaired) electrons. The van der Waals surface area contributed by atoms with Crippen LogP contribution < -0.4 is 0 Å². The number of carboxylic acid groups (broad SMARTS) is 1. The average molecular weight is 330 g/mol. The van der Waals surface area contributed by atoms with E-state index in [0.29, 0.717) is 0 Å². The first-order valence-electron chi connectivity index (χ1n) is 7.64. The van der Waals surface area contributed by atoms with Crippen LogP contribution in [-0.4, -0.2) is 68.3 Å². The summed E-state index contributed by atoms with van der Waals surface area (Å²) in [4.78, 5) is 23.2. The number of aliphatic carboxylic acids is 1. The first-order chi connectivity index (χ1) is 10.8. The quantitative estimate of drug-likeness (QED) is 0.392. The van der Waals surface area contributed by atoms with Crippen LogP contribution in [0.15, 0.2) is 11.8 Å². The van der Waals surface area contributed by atoms with Crippen molar-refractivity contribution in [1.29, 1.82) is 0 Å². The number of carboxylic acids is 1. The number of rotatable bonds is 7. The highest BCUT2D eigenvalue weighted by Crippen LogP contribution is 2.34. The summed E-state index contributed by atoms with van der Waals surface area (Å²) in [6, 6.07) is 0. The van der Waals surface area contributed by atoms with E-state index in [1.165, 1.54) is 0 Å². The smallest absolute Gasteiger partial charge is 0.370 e. The van der Waals surface area contributed by atoms with Gasteiger partial charge in [-0.1, -0.05) is 6.42 Å². The van der Waals surface area contributed by atoms with Gasteiger partial charge in [-0.25, -0.2) is 4.79 Å². The predicted molar refractivity (Wildman–Crippen MR) is 76.2 cm³/mol. The molecule has 0 aromatic rings. The molecule has 1 aliphatic carbocycles. The molecular weight excluding hydrogens is 308 g/mol. The molecule has 3 unspecified atom stereocenters. The Morgan fingerprint density at radius 3 is 2.43 bits per heavy atom. The van der Waals surface area contributed by atoms with Crippen LogP contribution in [0.4, 0.5) is 0 Å². The number of hydrogen-bond acceptors (Lipinski definition) is 7. The maximum atomic E-state index is 12.2. The van der Waals surface area contributed by atoms with Crippen molar-refractivity contribution in [1.82, 2.24) is 0 Å². The molecule has 1 fully saturated rings. The van der Waals surface area contributed by atoms with Crippen LogP contribution in [0.3, 0.4) is 0 Å². The molecule has 2 rings (SSSR count). The zero-order chi connectivity index (χ0) is 17.1. The van der Waals surface area contributed by atoms with Gasteiger partial charge in [0.05, 0.1) is 12.7 Å². The maximum Gasteiger partial charge on any atom is 0.370 e. The Morgan fingerprint density at radius 1 is 1.30 bits per heavy atom. The average Bonchev–Trinajstić information content (AvgIpc) is 2.45. The third-order valence-corrected chi connectivity index (χ3v) is 4.57. The summed E-state index contributed by atoms with van der Waals surface area (Å²) < 4.78 is 5.18. The third-order valence-electron chi connectivity index (χ3n) is 4.57. The van der Waals surface area contributed by atoms with Gasteiger partial charge < -0.3 is 30.3 Å². The topological polar surface area (TPSA) is 145 Å². The molecule has 5 N–H and O–H groups in total. The van der Waals surface area contributed by atoms with Crippen molar-refractivity contribution >= 4 is 11.8 Å². The number of Topliss-reactive ketones (excluding diaryl/α,β-unsaturated/α-hetero) is 1. The molecule has 0 aromatic carbocycles. The monoisotopic (exact) mass is 330 g/mol. The fourth-order valence-electron chi connectivity index (χ4n) is 2.88. The molecule has 23 heavy (non-hydrogen) atoms. The Balaban J connectivity index is 2.19. The van der Waals surface area contributed by atoms with E-state index in [9.17, 15) is 24.9 Å². The summed E-state index contributed by atoms with van der Waals surface area (Å²) in [6.07, 6.45) is -2.37. The van der Waals surface area contributed by atoms with Gasteiger partial charge in [0.2, 0.25) is 5.76 Å². The van der Waals surface area contributed by atoms with Crippen LogP contribution in [0.5, 0.6) is 0 Å². The van der Waals surface area contributed by atoms with E-state index in [4.69, 9.17) is 14.9 Å². The van der Waals surface area contributed by atoms with Gasteiger partial charge in [0, 0.05) is 18.3 Å². The number of ether oxygens (including phenoxy) is 1. The highest BCUT2D eigenvalue weighted by Gasteiger charge is 2.44. The normalized spacial score (nSPS) is 30.6. The molecule has 130 valence electrons. The van der Waals surface area contributed by atoms with E-state index < -0.39 is 48.7 Å². The minimum absolute atomic E-state index is 0.0763. The first-order valence-corrected chi connectivity index (χ1v) is 7.64. The second kappa shape index (κ2) is 7.39. The predicted octanol–water partition coefficient (Wildman–Crippen LogP) is -1.20. The standard InChI is InChI=1S/C15H22O8/c16-6-11(19)13(20)14-8(4-9(17)7-2-1-3-7)10(18)5-12(23-14)15(21)22/h5,7-8,10-11,13-14,16,18-20H,1-4,6H2,(H,21,22)/t8-,10-,11?,13?,14?/m1/s1. The molecule has 5 atom stereocenters. The lowest BCUT2D eigenvalue weighted by molar-refractivity contribution is -0.155. The minimum atomic E-state index is -1.63. The van der Waals surface area contributed by atoms with Gasteiger partial charge in [-0.05, 0) is 18.9 Å². The number of aliphatic hydroxyl groups excluding tert-OH is 4. The van der Waals surface area contributed by atoms with E-state index in [-0.39, 0.29) is 18.1 Å². The Hall–Kier alpha value is -1.48. The van der Waals surface area contributed by atoms with Crippen LogP contribution >= 0.6 is 0 Å². The van der Waals surface area contributed by atoms with Crippen LogP contribution in [0.25, 0.3) is 0 Å². The van der Waals surface area contributed by atoms with Gasteiger partial charge in [-0.2, -0.15) is 0 Å². The number of carbonyl (C=O) groups excluding carboxylic acids is 1. The summed E-state index contributed by atoms with van der Waals surface area (Å²) in [5.74, 6) is -3.02. The van der Waals surface area contributed by atoms with Crippen LogP contribution in [-0.2, 0) is 14.3 Å². The highest BCUT2D eigenvalue weighted by atomic mass is 16.5. The lowest BCUT2D eigenvalue weighted by Crippen LogP contribution is -2.51. The zero-order valence-corrected chi connectivity index (χ0v) is 12.5. The van der Waals surface area contributed by atoms with E-state index in [0.717, 1.165) is 25.3 Å². The largest absolute Gasteiger partial charge is 0.480 e. The fourth-order valence-corrected chi connectivity index (χ4v) is 2.88. The van der Waals surface area contributed by atoms with Crippen molar-refractivity contribution < 1.29 is 39.9 Å². The summed E-state index contributed by atoms with van der Waals surface area (Å²) in [7, 11) is 0. The number of aliphatic hydroxyl groups is 4. The molecule has 0 saturated heterocycles. The lowest BCUT2D eigenvalue weighted by Gasteiger charge is -2.38. The number of carbonyl (C=O) groups is 2. The summed E-state index contributed by atoms with van der Waals surface area (Å²) in [5, 5.41) is 47.8. The van der Waals surface area contributed by atoms with Gasteiger partial charge in [0.25, 0.3) is 0 Å². The molecule has 0 aromatic heterocycles. The van der Waals surface area contributed by atoms with Crippen LogP contribution in [0, 0.1) is 11.8 Å². The molecule has 1 heterocycles. The molecule has 8 nitrogen and oxygen atoms in total.